The lowest BCUT2D eigenvalue weighted by Gasteiger charge is -2.11. The molecule has 0 bridgehead atoms. The van der Waals surface area contributed by atoms with Crippen LogP contribution in [0.5, 0.6) is 0 Å². The van der Waals surface area contributed by atoms with Gasteiger partial charge in [0, 0.05) is 23.2 Å². The lowest BCUT2D eigenvalue weighted by atomic mass is 9.99. The van der Waals surface area contributed by atoms with Crippen molar-refractivity contribution in [2.75, 3.05) is 0 Å². The molecule has 0 spiro atoms. The molecule has 0 amide bonds. The fraction of sp³-hybridized carbons (Fsp3) is 0.176. The number of rotatable bonds is 6. The smallest absolute Gasteiger partial charge is 0.146 e. The van der Waals surface area contributed by atoms with Gasteiger partial charge in [0.2, 0.25) is 0 Å². The van der Waals surface area contributed by atoms with Crippen LogP contribution in [0.2, 0.25) is 0 Å². The molecular weight excluding hydrogens is 340 g/mol. The van der Waals surface area contributed by atoms with Crippen LogP contribution < -0.4 is 17.2 Å². The Morgan fingerprint density at radius 1 is 1.08 bits per heavy atom. The maximum absolute atomic E-state index is 13.9. The highest BCUT2D eigenvalue weighted by atomic mass is 19.1. The van der Waals surface area contributed by atoms with Gasteiger partial charge in [0.1, 0.15) is 29.1 Å². The molecule has 1 aromatic carbocycles. The van der Waals surface area contributed by atoms with Crippen LogP contribution in [0, 0.1) is 33.8 Å². The first-order valence-corrected chi connectivity index (χ1v) is 7.53. The van der Waals surface area contributed by atoms with Crippen LogP contribution in [0.25, 0.3) is 0 Å². The molecule has 0 atom stereocenters. The third-order valence-electron chi connectivity index (χ3n) is 3.27. The van der Waals surface area contributed by atoms with Gasteiger partial charge in [-0.1, -0.05) is 13.8 Å². The minimum absolute atomic E-state index is 0.0425. The van der Waals surface area contributed by atoms with E-state index in [1.54, 1.807) is 0 Å². The first-order chi connectivity index (χ1) is 12.0. The third-order valence-corrected chi connectivity index (χ3v) is 3.27. The molecule has 0 heterocycles. The molecule has 0 saturated carbocycles. The summed E-state index contributed by atoms with van der Waals surface area (Å²) < 4.78 is 26.9. The van der Waals surface area contributed by atoms with Crippen molar-refractivity contribution in [1.29, 1.82) is 16.2 Å². The highest BCUT2D eigenvalue weighted by Gasteiger charge is 2.18. The van der Waals surface area contributed by atoms with E-state index in [0.717, 1.165) is 12.1 Å². The molecule has 0 unspecified atom stereocenters. The number of benzene rings is 1. The van der Waals surface area contributed by atoms with Gasteiger partial charge in [0.05, 0.1) is 11.3 Å². The van der Waals surface area contributed by atoms with Gasteiger partial charge in [-0.25, -0.2) is 13.8 Å². The Labute approximate surface area is 149 Å². The van der Waals surface area contributed by atoms with Gasteiger partial charge in [-0.15, -0.1) is 0 Å². The number of nitrogens with one attached hydrogen (secondary N) is 3. The van der Waals surface area contributed by atoms with Crippen molar-refractivity contribution in [2.24, 2.45) is 28.1 Å². The molecule has 9 heteroatoms. The fourth-order valence-electron chi connectivity index (χ4n) is 1.82. The van der Waals surface area contributed by atoms with E-state index in [9.17, 15) is 8.78 Å². The number of halogens is 2. The molecule has 1 aromatic rings. The molecular formula is C17H21F2N7. The fourth-order valence-corrected chi connectivity index (χ4v) is 1.82. The van der Waals surface area contributed by atoms with Crippen molar-refractivity contribution in [3.05, 3.63) is 58.8 Å². The molecule has 0 aromatic heterocycles. The van der Waals surface area contributed by atoms with Gasteiger partial charge < -0.3 is 17.2 Å². The van der Waals surface area contributed by atoms with Crippen LogP contribution in [0.1, 0.15) is 19.4 Å². The Kier molecular flexibility index (Phi) is 6.88. The zero-order valence-electron chi connectivity index (χ0n) is 14.4. The zero-order chi connectivity index (χ0) is 20.0. The summed E-state index contributed by atoms with van der Waals surface area (Å²) in [5.74, 6) is -2.32. The van der Waals surface area contributed by atoms with E-state index in [-0.39, 0.29) is 34.4 Å². The molecule has 0 aliphatic rings. The highest BCUT2D eigenvalue weighted by molar-refractivity contribution is 6.28. The number of hydrogen-bond acceptors (Lipinski definition) is 4. The molecule has 0 aliphatic carbocycles. The van der Waals surface area contributed by atoms with E-state index in [2.05, 4.69) is 4.99 Å². The van der Waals surface area contributed by atoms with Gasteiger partial charge in [-0.2, -0.15) is 0 Å². The highest BCUT2D eigenvalue weighted by Crippen LogP contribution is 2.16. The minimum Gasteiger partial charge on any atom is -0.398 e. The Hall–Kier alpha value is -3.36. The van der Waals surface area contributed by atoms with Crippen LogP contribution >= 0.6 is 0 Å². The number of amidine groups is 3. The third kappa shape index (κ3) is 5.33. The Morgan fingerprint density at radius 2 is 1.69 bits per heavy atom. The minimum atomic E-state index is -0.979. The molecule has 0 aliphatic heterocycles. The number of nitrogens with two attached hydrogens (primary N) is 3. The average molecular weight is 361 g/mol. The number of aliphatic imine (C=N–C) groups is 1. The average Bonchev–Trinajstić information content (AvgIpc) is 2.52. The van der Waals surface area contributed by atoms with Gasteiger partial charge in [0.25, 0.3) is 0 Å². The lowest BCUT2D eigenvalue weighted by Crippen LogP contribution is -2.25. The van der Waals surface area contributed by atoms with Crippen LogP contribution in [-0.4, -0.2) is 23.2 Å². The summed E-state index contributed by atoms with van der Waals surface area (Å²) in [7, 11) is 0. The van der Waals surface area contributed by atoms with Gasteiger partial charge in [-0.05, 0) is 24.3 Å². The summed E-state index contributed by atoms with van der Waals surface area (Å²) in [6.45, 7) is 3.63. The second-order valence-electron chi connectivity index (χ2n) is 5.65. The maximum Gasteiger partial charge on any atom is 0.146 e. The monoisotopic (exact) mass is 361 g/mol. The summed E-state index contributed by atoms with van der Waals surface area (Å²) in [6, 6.07) is 2.66. The number of allylic oxidation sites excluding steroid dienone is 1. The van der Waals surface area contributed by atoms with Crippen molar-refractivity contribution >= 4 is 23.2 Å². The summed E-state index contributed by atoms with van der Waals surface area (Å²) in [5.41, 5.74) is 15.8. The van der Waals surface area contributed by atoms with E-state index in [1.807, 2.05) is 13.8 Å². The van der Waals surface area contributed by atoms with Gasteiger partial charge in [0.15, 0.2) is 0 Å². The summed E-state index contributed by atoms with van der Waals surface area (Å²) in [4.78, 5) is 3.85. The topological polar surface area (TPSA) is 162 Å². The molecule has 1 rings (SSSR count). The van der Waals surface area contributed by atoms with Crippen LogP contribution in [0.3, 0.4) is 0 Å². The Morgan fingerprint density at radius 3 is 2.19 bits per heavy atom. The predicted molar refractivity (Wildman–Crippen MR) is 99.6 cm³/mol. The van der Waals surface area contributed by atoms with Crippen molar-refractivity contribution < 1.29 is 8.78 Å². The summed E-state index contributed by atoms with van der Waals surface area (Å²) in [5, 5.41) is 23.4. The Bertz CT molecular complexity index is 836. The van der Waals surface area contributed by atoms with Gasteiger partial charge >= 0.3 is 0 Å². The first-order valence-electron chi connectivity index (χ1n) is 7.53. The number of nitrogens with zero attached hydrogens (tertiary/aromatic N) is 1. The second-order valence-corrected chi connectivity index (χ2v) is 5.65. The van der Waals surface area contributed by atoms with Crippen LogP contribution in [0.15, 0.2) is 46.6 Å². The zero-order valence-corrected chi connectivity index (χ0v) is 14.4. The molecule has 9 N–H and O–H groups in total. The van der Waals surface area contributed by atoms with Crippen molar-refractivity contribution in [3.8, 4) is 0 Å². The van der Waals surface area contributed by atoms with E-state index in [1.165, 1.54) is 12.2 Å². The number of hydrogen-bond donors (Lipinski definition) is 6. The lowest BCUT2D eigenvalue weighted by molar-refractivity contribution is 0.582. The van der Waals surface area contributed by atoms with Crippen LogP contribution in [0.4, 0.5) is 8.78 Å². The molecule has 26 heavy (non-hydrogen) atoms. The molecule has 0 fully saturated rings. The van der Waals surface area contributed by atoms with Crippen molar-refractivity contribution in [1.82, 2.24) is 0 Å². The first kappa shape index (κ1) is 20.7. The van der Waals surface area contributed by atoms with E-state index in [0.29, 0.717) is 6.07 Å². The van der Waals surface area contributed by atoms with E-state index < -0.39 is 23.2 Å². The predicted octanol–water partition coefficient (Wildman–Crippen LogP) is 2.03. The van der Waals surface area contributed by atoms with Crippen molar-refractivity contribution in [3.63, 3.8) is 0 Å². The summed E-state index contributed by atoms with van der Waals surface area (Å²) >= 11 is 0. The normalized spacial score (nSPS) is 13.0. The molecule has 0 radical (unpaired) electrons. The molecule has 0 saturated heterocycles. The standard InChI is InChI=1S/C17H21F2N7/c1-8(2)17(25)26-13(21)6-5-12(20)14(16(23)24)15(22)10-4-3-9(18)7-11(10)19/h3-8,22H,20H2,1-2H3,(H3,23,24)(H3,21,25,26)/b6-5-,14-12-,22-15?. The SMILES string of the molecule is CC(C)C(N)=NC(=N)/C=C\C(N)=C(\C(=N)N)C(=N)c1ccc(F)cc1F. The van der Waals surface area contributed by atoms with Gasteiger partial charge in [-0.3, -0.25) is 16.2 Å². The largest absolute Gasteiger partial charge is 0.398 e. The molecule has 138 valence electrons. The van der Waals surface area contributed by atoms with E-state index in [4.69, 9.17) is 33.4 Å². The molecule has 7 nitrogen and oxygen atoms in total. The quantitative estimate of drug-likeness (QED) is 0.260. The maximum atomic E-state index is 13.9. The van der Waals surface area contributed by atoms with Crippen LogP contribution in [-0.2, 0) is 0 Å². The Balaban J connectivity index is 3.23. The van der Waals surface area contributed by atoms with E-state index >= 15 is 0 Å². The summed E-state index contributed by atoms with van der Waals surface area (Å²) in [6.07, 6.45) is 2.42. The second kappa shape index (κ2) is 8.65. The van der Waals surface area contributed by atoms with Crippen molar-refractivity contribution in [2.45, 2.75) is 13.8 Å².